The highest BCUT2D eigenvalue weighted by molar-refractivity contribution is 6.30. The van der Waals surface area contributed by atoms with E-state index in [0.717, 1.165) is 27.8 Å². The first kappa shape index (κ1) is 21.0. The number of aryl methyl sites for hydroxylation is 1. The highest BCUT2D eigenvalue weighted by Crippen LogP contribution is 2.19. The molecule has 0 aliphatic rings. The first-order valence-electron chi connectivity index (χ1n) is 9.88. The second kappa shape index (κ2) is 9.23. The van der Waals surface area contributed by atoms with E-state index in [1.54, 1.807) is 29.5 Å². The lowest BCUT2D eigenvalue weighted by Crippen LogP contribution is -2.26. The van der Waals surface area contributed by atoms with Crippen molar-refractivity contribution in [1.29, 1.82) is 0 Å². The summed E-state index contributed by atoms with van der Waals surface area (Å²) in [6.45, 7) is 2.99. The predicted molar refractivity (Wildman–Crippen MR) is 116 cm³/mol. The molecule has 0 aromatic carbocycles. The summed E-state index contributed by atoms with van der Waals surface area (Å²) in [6, 6.07) is 3.87. The molecular formula is C21H22ClN7O2. The number of aliphatic hydroxyl groups is 1. The maximum atomic E-state index is 12.1. The molecule has 0 unspecified atom stereocenters. The fraction of sp³-hybridized carbons (Fsp3) is 0.286. The van der Waals surface area contributed by atoms with Crippen LogP contribution >= 0.6 is 11.6 Å². The summed E-state index contributed by atoms with van der Waals surface area (Å²) in [4.78, 5) is 21.0. The van der Waals surface area contributed by atoms with Crippen molar-refractivity contribution in [2.24, 2.45) is 0 Å². The fourth-order valence-corrected chi connectivity index (χ4v) is 3.48. The maximum absolute atomic E-state index is 12.1. The van der Waals surface area contributed by atoms with Crippen molar-refractivity contribution < 1.29 is 9.90 Å². The number of carbonyl (C=O) groups is 1. The molecule has 0 aliphatic carbocycles. The van der Waals surface area contributed by atoms with Crippen LogP contribution in [0.15, 0.2) is 43.1 Å². The van der Waals surface area contributed by atoms with E-state index in [4.69, 9.17) is 16.7 Å². The highest BCUT2D eigenvalue weighted by atomic mass is 35.5. The van der Waals surface area contributed by atoms with Crippen molar-refractivity contribution in [3.8, 4) is 5.82 Å². The summed E-state index contributed by atoms with van der Waals surface area (Å²) in [6.07, 6.45) is 9.33. The number of fused-ring (bicyclic) bond motifs is 1. The summed E-state index contributed by atoms with van der Waals surface area (Å²) < 4.78 is 3.47. The van der Waals surface area contributed by atoms with Crippen molar-refractivity contribution in [2.75, 3.05) is 13.2 Å². The number of amides is 1. The Morgan fingerprint density at radius 3 is 2.87 bits per heavy atom. The number of aromatic nitrogens is 6. The van der Waals surface area contributed by atoms with Gasteiger partial charge in [-0.25, -0.2) is 9.67 Å². The molecule has 2 N–H and O–H groups in total. The summed E-state index contributed by atoms with van der Waals surface area (Å²) in [7, 11) is 0. The predicted octanol–water partition coefficient (Wildman–Crippen LogP) is 2.06. The average molecular weight is 440 g/mol. The van der Waals surface area contributed by atoms with Crippen LogP contribution in [-0.4, -0.2) is 53.7 Å². The molecule has 160 valence electrons. The van der Waals surface area contributed by atoms with Gasteiger partial charge in [-0.15, -0.1) is 0 Å². The zero-order valence-corrected chi connectivity index (χ0v) is 17.7. The molecule has 0 radical (unpaired) electrons. The molecule has 0 bridgehead atoms. The number of hydrogen-bond acceptors (Lipinski definition) is 6. The number of nitrogens with zero attached hydrogens (tertiary/aromatic N) is 6. The molecule has 31 heavy (non-hydrogen) atoms. The number of rotatable bonds is 8. The van der Waals surface area contributed by atoms with Crippen LogP contribution in [0.5, 0.6) is 0 Å². The van der Waals surface area contributed by atoms with Crippen molar-refractivity contribution in [2.45, 2.75) is 26.3 Å². The lowest BCUT2D eigenvalue weighted by atomic mass is 10.2. The molecule has 9 nitrogen and oxygen atoms in total. The van der Waals surface area contributed by atoms with Gasteiger partial charge < -0.3 is 10.4 Å². The van der Waals surface area contributed by atoms with E-state index in [0.29, 0.717) is 30.2 Å². The van der Waals surface area contributed by atoms with Gasteiger partial charge in [0, 0.05) is 37.1 Å². The Morgan fingerprint density at radius 1 is 1.26 bits per heavy atom. The largest absolute Gasteiger partial charge is 0.396 e. The van der Waals surface area contributed by atoms with Crippen LogP contribution in [0.25, 0.3) is 16.7 Å². The monoisotopic (exact) mass is 439 g/mol. The summed E-state index contributed by atoms with van der Waals surface area (Å²) >= 11 is 5.95. The van der Waals surface area contributed by atoms with Gasteiger partial charge in [-0.1, -0.05) is 11.6 Å². The Bertz CT molecular complexity index is 1220. The smallest absolute Gasteiger partial charge is 0.226 e. The second-order valence-electron chi connectivity index (χ2n) is 7.21. The van der Waals surface area contributed by atoms with Gasteiger partial charge in [0.15, 0.2) is 5.82 Å². The van der Waals surface area contributed by atoms with Crippen molar-refractivity contribution >= 4 is 28.4 Å². The molecule has 1 amide bonds. The molecule has 0 aliphatic heterocycles. The van der Waals surface area contributed by atoms with Gasteiger partial charge in [0.1, 0.15) is 0 Å². The molecule has 0 fully saturated rings. The number of nitrogens with one attached hydrogen (secondary N) is 1. The van der Waals surface area contributed by atoms with E-state index in [2.05, 4.69) is 25.5 Å². The SMILES string of the molecule is Cc1cc(Cn2cc3c(CC(=O)NCCCO)nccc3n2)cnc1-n1cc(Cl)cn1. The Hall–Kier alpha value is -3.30. The Morgan fingerprint density at radius 2 is 2.13 bits per heavy atom. The van der Waals surface area contributed by atoms with E-state index >= 15 is 0 Å². The summed E-state index contributed by atoms with van der Waals surface area (Å²) in [5.41, 5.74) is 3.41. The Labute approximate surface area is 183 Å². The number of pyridine rings is 2. The Balaban J connectivity index is 1.51. The van der Waals surface area contributed by atoms with Crippen LogP contribution in [-0.2, 0) is 17.8 Å². The average Bonchev–Trinajstić information content (AvgIpc) is 3.34. The van der Waals surface area contributed by atoms with Crippen molar-refractivity contribution in [3.05, 3.63) is 65.0 Å². The topological polar surface area (TPSA) is 111 Å². The van der Waals surface area contributed by atoms with Gasteiger partial charge in [-0.2, -0.15) is 10.2 Å². The van der Waals surface area contributed by atoms with E-state index in [1.807, 2.05) is 29.9 Å². The molecule has 0 saturated carbocycles. The van der Waals surface area contributed by atoms with Gasteiger partial charge in [-0.05, 0) is 36.6 Å². The third-order valence-corrected chi connectivity index (χ3v) is 4.96. The standard InChI is InChI=1S/C21H22ClN7O2/c1-14-7-15(9-25-21(14)29-12-16(22)10-26-29)11-28-13-17-18(27-28)3-5-23-19(17)8-20(31)24-4-2-6-30/h3,5,7,9-10,12-13,30H,2,4,6,8,11H2,1H3,(H,24,31). The van der Waals surface area contributed by atoms with Gasteiger partial charge in [0.05, 0.1) is 41.6 Å². The zero-order chi connectivity index (χ0) is 21.8. The molecule has 4 rings (SSSR count). The fourth-order valence-electron chi connectivity index (χ4n) is 3.35. The molecule has 4 aromatic heterocycles. The normalized spacial score (nSPS) is 11.2. The molecule has 4 heterocycles. The lowest BCUT2D eigenvalue weighted by molar-refractivity contribution is -0.120. The first-order chi connectivity index (χ1) is 15.0. The van der Waals surface area contributed by atoms with Crippen molar-refractivity contribution in [1.82, 2.24) is 34.8 Å². The van der Waals surface area contributed by atoms with Gasteiger partial charge >= 0.3 is 0 Å². The molecule has 0 saturated heterocycles. The summed E-state index contributed by atoms with van der Waals surface area (Å²) in [5.74, 6) is 0.593. The minimum absolute atomic E-state index is 0.0475. The number of halogens is 1. The number of hydrogen-bond donors (Lipinski definition) is 2. The van der Waals surface area contributed by atoms with Crippen LogP contribution in [0.2, 0.25) is 5.02 Å². The van der Waals surface area contributed by atoms with Gasteiger partial charge in [0.25, 0.3) is 0 Å². The van der Waals surface area contributed by atoms with E-state index in [-0.39, 0.29) is 18.9 Å². The lowest BCUT2D eigenvalue weighted by Gasteiger charge is -2.07. The quantitative estimate of drug-likeness (QED) is 0.406. The van der Waals surface area contributed by atoms with Crippen LogP contribution in [0.3, 0.4) is 0 Å². The van der Waals surface area contributed by atoms with Crippen LogP contribution in [0.4, 0.5) is 0 Å². The first-order valence-corrected chi connectivity index (χ1v) is 10.3. The maximum Gasteiger partial charge on any atom is 0.226 e. The number of aliphatic hydroxyl groups excluding tert-OH is 1. The third-order valence-electron chi connectivity index (χ3n) is 4.77. The molecular weight excluding hydrogens is 418 g/mol. The second-order valence-corrected chi connectivity index (χ2v) is 7.64. The van der Waals surface area contributed by atoms with E-state index < -0.39 is 0 Å². The van der Waals surface area contributed by atoms with E-state index in [1.165, 1.54) is 0 Å². The van der Waals surface area contributed by atoms with Crippen LogP contribution < -0.4 is 5.32 Å². The molecule has 0 spiro atoms. The molecule has 10 heteroatoms. The summed E-state index contributed by atoms with van der Waals surface area (Å²) in [5, 5.41) is 21.8. The van der Waals surface area contributed by atoms with Crippen LogP contribution in [0, 0.1) is 6.92 Å². The minimum atomic E-state index is -0.129. The van der Waals surface area contributed by atoms with Gasteiger partial charge in [0.2, 0.25) is 5.91 Å². The molecule has 0 atom stereocenters. The highest BCUT2D eigenvalue weighted by Gasteiger charge is 2.12. The van der Waals surface area contributed by atoms with Gasteiger partial charge in [-0.3, -0.25) is 14.5 Å². The Kier molecular flexibility index (Phi) is 6.24. The van der Waals surface area contributed by atoms with Crippen LogP contribution in [0.1, 0.15) is 23.2 Å². The van der Waals surface area contributed by atoms with Crippen molar-refractivity contribution in [3.63, 3.8) is 0 Å². The minimum Gasteiger partial charge on any atom is -0.396 e. The zero-order valence-electron chi connectivity index (χ0n) is 17.0. The number of carbonyl (C=O) groups excluding carboxylic acids is 1. The third kappa shape index (κ3) is 4.89. The van der Waals surface area contributed by atoms with E-state index in [9.17, 15) is 4.79 Å². The molecule has 4 aromatic rings.